The number of aryl methyl sites for hydroxylation is 2. The summed E-state index contributed by atoms with van der Waals surface area (Å²) in [6, 6.07) is 0. The molecule has 0 bridgehead atoms. The molecule has 3 rings (SSSR count). The Morgan fingerprint density at radius 3 is 2.75 bits per heavy atom. The number of hydrogen-bond acceptors (Lipinski definition) is 6. The number of nitrogens with one attached hydrogen (secondary N) is 1. The molecule has 0 atom stereocenters. The topological polar surface area (TPSA) is 79.4 Å². The average molecular weight is 518 g/mol. The molecule has 156 valence electrons. The molecule has 0 saturated heterocycles. The van der Waals surface area contributed by atoms with Crippen LogP contribution in [-0.4, -0.2) is 46.1 Å². The summed E-state index contributed by atoms with van der Waals surface area (Å²) in [6.07, 6.45) is 5.53. The van der Waals surface area contributed by atoms with Crippen LogP contribution < -0.4 is 5.32 Å². The molecule has 0 fully saturated rings. The predicted molar refractivity (Wildman–Crippen MR) is 124 cm³/mol. The van der Waals surface area contributed by atoms with Crippen LogP contribution in [0.3, 0.4) is 0 Å². The zero-order valence-corrected chi connectivity index (χ0v) is 20.3. The minimum absolute atomic E-state index is 0. The fraction of sp³-hybridized carbons (Fsp3) is 0.684. The monoisotopic (exact) mass is 518 g/mol. The summed E-state index contributed by atoms with van der Waals surface area (Å²) in [7, 11) is 2.06. The number of fused-ring (bicyclic) bond motifs is 1. The highest BCUT2D eigenvalue weighted by Gasteiger charge is 2.17. The lowest BCUT2D eigenvalue weighted by atomic mass is 10.0. The zero-order valence-electron chi connectivity index (χ0n) is 17.2. The Morgan fingerprint density at radius 2 is 2.07 bits per heavy atom. The molecule has 2 heterocycles. The maximum absolute atomic E-state index is 5.30. The quantitative estimate of drug-likeness (QED) is 0.342. The van der Waals surface area contributed by atoms with Gasteiger partial charge in [0, 0.05) is 30.8 Å². The number of halogens is 1. The molecule has 0 aliphatic heterocycles. The molecule has 1 N–H and O–H groups in total. The van der Waals surface area contributed by atoms with Gasteiger partial charge in [0.05, 0.1) is 18.8 Å². The first-order chi connectivity index (χ1) is 13.1. The van der Waals surface area contributed by atoms with Crippen LogP contribution in [0.5, 0.6) is 0 Å². The van der Waals surface area contributed by atoms with Gasteiger partial charge in [0.15, 0.2) is 11.8 Å². The molecular weight excluding hydrogens is 487 g/mol. The molecule has 0 radical (unpaired) electrons. The van der Waals surface area contributed by atoms with Gasteiger partial charge in [-0.2, -0.15) is 4.98 Å². The third-order valence-electron chi connectivity index (χ3n) is 4.55. The number of guanidine groups is 1. The molecule has 0 unspecified atom stereocenters. The highest BCUT2D eigenvalue weighted by atomic mass is 127. The maximum Gasteiger partial charge on any atom is 0.228 e. The Balaban J connectivity index is 0.00000280. The summed E-state index contributed by atoms with van der Waals surface area (Å²) in [4.78, 5) is 17.6. The van der Waals surface area contributed by atoms with Gasteiger partial charge in [-0.1, -0.05) is 19.0 Å². The third kappa shape index (κ3) is 6.13. The van der Waals surface area contributed by atoms with Gasteiger partial charge < -0.3 is 14.7 Å². The Hall–Kier alpha value is -1.23. The van der Waals surface area contributed by atoms with E-state index in [1.165, 1.54) is 34.8 Å². The molecular formula is C19H31IN6OS. The van der Waals surface area contributed by atoms with E-state index < -0.39 is 0 Å². The van der Waals surface area contributed by atoms with Gasteiger partial charge in [0.1, 0.15) is 5.01 Å². The van der Waals surface area contributed by atoms with E-state index in [1.807, 2.05) is 11.3 Å². The first-order valence-electron chi connectivity index (χ1n) is 9.86. The lowest BCUT2D eigenvalue weighted by Crippen LogP contribution is -2.38. The lowest BCUT2D eigenvalue weighted by Gasteiger charge is -2.20. The standard InChI is InChI=1S/C19H30N6OS.HI/c1-5-20-19(21-11-10-16-23-18(13(2)3)24-26-16)25(4)12-17-22-14-8-6-7-9-15(14)27-17;/h13H,5-12H2,1-4H3,(H,20,21);1H. The van der Waals surface area contributed by atoms with Crippen molar-refractivity contribution >= 4 is 41.3 Å². The van der Waals surface area contributed by atoms with E-state index >= 15 is 0 Å². The molecule has 1 aliphatic rings. The third-order valence-corrected chi connectivity index (χ3v) is 5.69. The van der Waals surface area contributed by atoms with Crippen LogP contribution in [0.25, 0.3) is 0 Å². The normalized spacial score (nSPS) is 14.0. The Bertz CT molecular complexity index is 749. The second kappa shape index (κ2) is 11.1. The summed E-state index contributed by atoms with van der Waals surface area (Å²) in [6.45, 7) is 8.42. The van der Waals surface area contributed by atoms with Crippen molar-refractivity contribution in [1.29, 1.82) is 0 Å². The van der Waals surface area contributed by atoms with Gasteiger partial charge in [-0.05, 0) is 32.6 Å². The van der Waals surface area contributed by atoms with Crippen LogP contribution in [0.1, 0.15) is 66.8 Å². The lowest BCUT2D eigenvalue weighted by molar-refractivity contribution is 0.372. The van der Waals surface area contributed by atoms with Crippen LogP contribution in [0.4, 0.5) is 0 Å². The Labute approximate surface area is 188 Å². The van der Waals surface area contributed by atoms with Crippen molar-refractivity contribution in [2.24, 2.45) is 4.99 Å². The van der Waals surface area contributed by atoms with Crippen LogP contribution in [0.2, 0.25) is 0 Å². The summed E-state index contributed by atoms with van der Waals surface area (Å²) >= 11 is 1.86. The largest absolute Gasteiger partial charge is 0.357 e. The fourth-order valence-electron chi connectivity index (χ4n) is 3.08. The summed E-state index contributed by atoms with van der Waals surface area (Å²) in [5, 5.41) is 8.54. The molecule has 2 aromatic rings. The minimum Gasteiger partial charge on any atom is -0.357 e. The summed E-state index contributed by atoms with van der Waals surface area (Å²) in [5.74, 6) is 2.56. The van der Waals surface area contributed by atoms with Gasteiger partial charge in [-0.25, -0.2) is 4.98 Å². The van der Waals surface area contributed by atoms with Crippen molar-refractivity contribution in [2.75, 3.05) is 20.1 Å². The Kier molecular flexibility index (Phi) is 9.13. The predicted octanol–water partition coefficient (Wildman–Crippen LogP) is 3.79. The maximum atomic E-state index is 5.30. The van der Waals surface area contributed by atoms with E-state index in [9.17, 15) is 0 Å². The smallest absolute Gasteiger partial charge is 0.228 e. The van der Waals surface area contributed by atoms with Gasteiger partial charge in [0.25, 0.3) is 0 Å². The number of aromatic nitrogens is 3. The second-order valence-electron chi connectivity index (χ2n) is 7.23. The molecule has 9 heteroatoms. The van der Waals surface area contributed by atoms with E-state index in [2.05, 4.69) is 48.2 Å². The second-order valence-corrected chi connectivity index (χ2v) is 8.40. The first-order valence-corrected chi connectivity index (χ1v) is 10.7. The number of thiazole rings is 1. The van der Waals surface area contributed by atoms with E-state index in [4.69, 9.17) is 14.5 Å². The van der Waals surface area contributed by atoms with Gasteiger partial charge in [-0.3, -0.25) is 4.99 Å². The van der Waals surface area contributed by atoms with Crippen LogP contribution in [-0.2, 0) is 25.8 Å². The van der Waals surface area contributed by atoms with Gasteiger partial charge in [-0.15, -0.1) is 35.3 Å². The number of aliphatic imine (C=N–C) groups is 1. The van der Waals surface area contributed by atoms with Crippen LogP contribution >= 0.6 is 35.3 Å². The van der Waals surface area contributed by atoms with E-state index in [-0.39, 0.29) is 29.9 Å². The number of nitrogens with zero attached hydrogens (tertiary/aromatic N) is 5. The SMILES string of the molecule is CCNC(=NCCc1nc(C(C)C)no1)N(C)Cc1nc2c(s1)CCCC2.I. The average Bonchev–Trinajstić information content (AvgIpc) is 3.27. The molecule has 1 aliphatic carbocycles. The molecule has 28 heavy (non-hydrogen) atoms. The minimum atomic E-state index is 0. The summed E-state index contributed by atoms with van der Waals surface area (Å²) in [5.41, 5.74) is 1.31. The molecule has 7 nitrogen and oxygen atoms in total. The molecule has 0 aromatic carbocycles. The number of hydrogen-bond donors (Lipinski definition) is 1. The first kappa shape index (κ1) is 23.1. The van der Waals surface area contributed by atoms with Crippen molar-refractivity contribution in [1.82, 2.24) is 25.3 Å². The van der Waals surface area contributed by atoms with Crippen molar-refractivity contribution in [3.63, 3.8) is 0 Å². The van der Waals surface area contributed by atoms with E-state index in [0.29, 0.717) is 18.9 Å². The highest BCUT2D eigenvalue weighted by Crippen LogP contribution is 2.27. The van der Waals surface area contributed by atoms with Crippen molar-refractivity contribution in [3.05, 3.63) is 27.3 Å². The van der Waals surface area contributed by atoms with E-state index in [1.54, 1.807) is 0 Å². The zero-order chi connectivity index (χ0) is 19.2. The van der Waals surface area contributed by atoms with Crippen LogP contribution in [0.15, 0.2) is 9.52 Å². The van der Waals surface area contributed by atoms with Gasteiger partial charge >= 0.3 is 0 Å². The van der Waals surface area contributed by atoms with E-state index in [0.717, 1.165) is 31.3 Å². The molecule has 0 saturated carbocycles. The highest BCUT2D eigenvalue weighted by molar-refractivity contribution is 14.0. The summed E-state index contributed by atoms with van der Waals surface area (Å²) < 4.78 is 5.30. The van der Waals surface area contributed by atoms with Crippen molar-refractivity contribution < 1.29 is 4.52 Å². The van der Waals surface area contributed by atoms with Crippen molar-refractivity contribution in [2.45, 2.75) is 65.3 Å². The van der Waals surface area contributed by atoms with Crippen molar-refractivity contribution in [3.8, 4) is 0 Å². The van der Waals surface area contributed by atoms with Gasteiger partial charge in [0.2, 0.25) is 5.89 Å². The molecule has 2 aromatic heterocycles. The van der Waals surface area contributed by atoms with Crippen LogP contribution in [0, 0.1) is 0 Å². The molecule has 0 amide bonds. The fourth-order valence-corrected chi connectivity index (χ4v) is 4.29. The Morgan fingerprint density at radius 1 is 1.29 bits per heavy atom. The number of rotatable bonds is 7. The molecule has 0 spiro atoms.